The summed E-state index contributed by atoms with van der Waals surface area (Å²) >= 11 is 0. The minimum Gasteiger partial charge on any atom is -0.389 e. The summed E-state index contributed by atoms with van der Waals surface area (Å²) in [4.78, 5) is 0. The first kappa shape index (κ1) is 23.6. The minimum atomic E-state index is -3.77. The molecule has 5 heteroatoms. The molecule has 24 heavy (non-hydrogen) atoms. The molecule has 0 saturated heterocycles. The van der Waals surface area contributed by atoms with Gasteiger partial charge in [0, 0.05) is 0 Å². The van der Waals surface area contributed by atoms with Gasteiger partial charge in [-0.2, -0.15) is 8.42 Å². The predicted octanol–water partition coefficient (Wildman–Crippen LogP) is 5.27. The normalized spacial score (nSPS) is 13.6. The van der Waals surface area contributed by atoms with Crippen LogP contribution in [0.1, 0.15) is 96.8 Å². The van der Waals surface area contributed by atoms with Crippen LogP contribution < -0.4 is 0 Å². The van der Waals surface area contributed by atoms with Gasteiger partial charge in [-0.25, -0.2) is 0 Å². The van der Waals surface area contributed by atoms with Crippen LogP contribution in [-0.4, -0.2) is 29.9 Å². The lowest BCUT2D eigenvalue weighted by Gasteiger charge is -2.04. The standard InChI is InChI=1S/C19H38O4S/c1-2-3-13-16-19(20)17-14-11-9-7-5-4-6-8-10-12-15-18-24(21,22)23/h14,17,19-20H,2-13,15-16,18H2,1H3,(H,21,22,23)/b17-14-/t19-/m1/s1. The lowest BCUT2D eigenvalue weighted by molar-refractivity contribution is 0.208. The van der Waals surface area contributed by atoms with E-state index in [-0.39, 0.29) is 11.9 Å². The summed E-state index contributed by atoms with van der Waals surface area (Å²) in [5.74, 6) is -0.103. The molecule has 2 N–H and O–H groups in total. The quantitative estimate of drug-likeness (QED) is 0.210. The fraction of sp³-hybridized carbons (Fsp3) is 0.895. The van der Waals surface area contributed by atoms with E-state index in [0.29, 0.717) is 6.42 Å². The number of rotatable bonds is 17. The van der Waals surface area contributed by atoms with E-state index in [4.69, 9.17) is 4.55 Å². The molecule has 0 bridgehead atoms. The van der Waals surface area contributed by atoms with Crippen LogP contribution in [0, 0.1) is 0 Å². The molecule has 144 valence electrons. The highest BCUT2D eigenvalue weighted by Gasteiger charge is 2.02. The zero-order chi connectivity index (χ0) is 18.1. The summed E-state index contributed by atoms with van der Waals surface area (Å²) in [6.45, 7) is 2.17. The number of hydrogen-bond donors (Lipinski definition) is 2. The van der Waals surface area contributed by atoms with Gasteiger partial charge in [0.05, 0.1) is 11.9 Å². The van der Waals surface area contributed by atoms with Crippen LogP contribution in [0.2, 0.25) is 0 Å². The van der Waals surface area contributed by atoms with Gasteiger partial charge in [-0.05, 0) is 25.7 Å². The van der Waals surface area contributed by atoms with E-state index in [1.165, 1.54) is 44.9 Å². The highest BCUT2D eigenvalue weighted by atomic mass is 32.2. The molecule has 0 amide bonds. The summed E-state index contributed by atoms with van der Waals surface area (Å²) in [7, 11) is -3.77. The Bertz CT molecular complexity index is 390. The minimum absolute atomic E-state index is 0.103. The molecule has 0 unspecified atom stereocenters. The van der Waals surface area contributed by atoms with Crippen LogP contribution in [0.4, 0.5) is 0 Å². The zero-order valence-corrected chi connectivity index (χ0v) is 16.3. The van der Waals surface area contributed by atoms with Crippen molar-refractivity contribution in [3.05, 3.63) is 12.2 Å². The van der Waals surface area contributed by atoms with Gasteiger partial charge in [0.2, 0.25) is 0 Å². The van der Waals surface area contributed by atoms with Crippen molar-refractivity contribution in [2.75, 3.05) is 5.75 Å². The molecule has 0 spiro atoms. The van der Waals surface area contributed by atoms with E-state index in [1.54, 1.807) is 0 Å². The molecule has 0 aromatic rings. The first-order valence-electron chi connectivity index (χ1n) is 9.75. The molecular weight excluding hydrogens is 324 g/mol. The van der Waals surface area contributed by atoms with Crippen molar-refractivity contribution in [3.8, 4) is 0 Å². The predicted molar refractivity (Wildman–Crippen MR) is 102 cm³/mol. The van der Waals surface area contributed by atoms with Crippen molar-refractivity contribution in [2.45, 2.75) is 103 Å². The van der Waals surface area contributed by atoms with Crippen molar-refractivity contribution in [1.29, 1.82) is 0 Å². The smallest absolute Gasteiger partial charge is 0.264 e. The first-order valence-corrected chi connectivity index (χ1v) is 11.4. The number of allylic oxidation sites excluding steroid dienone is 1. The Balaban J connectivity index is 3.25. The maximum Gasteiger partial charge on any atom is 0.264 e. The Kier molecular flexibility index (Phi) is 15.8. The zero-order valence-electron chi connectivity index (χ0n) is 15.5. The lowest BCUT2D eigenvalue weighted by atomic mass is 10.1. The second-order valence-electron chi connectivity index (χ2n) is 6.75. The molecule has 0 aliphatic heterocycles. The highest BCUT2D eigenvalue weighted by molar-refractivity contribution is 7.85. The van der Waals surface area contributed by atoms with Gasteiger partial charge < -0.3 is 5.11 Å². The summed E-state index contributed by atoms with van der Waals surface area (Å²) in [6.07, 6.45) is 19.0. The Labute approximate surface area is 149 Å². The van der Waals surface area contributed by atoms with Gasteiger partial charge >= 0.3 is 0 Å². The lowest BCUT2D eigenvalue weighted by Crippen LogP contribution is -2.03. The van der Waals surface area contributed by atoms with Crippen molar-refractivity contribution < 1.29 is 18.1 Å². The molecule has 0 aliphatic rings. The molecule has 0 heterocycles. The van der Waals surface area contributed by atoms with Crippen LogP contribution in [0.3, 0.4) is 0 Å². The van der Waals surface area contributed by atoms with Crippen molar-refractivity contribution in [3.63, 3.8) is 0 Å². The average Bonchev–Trinajstić information content (AvgIpc) is 2.51. The van der Waals surface area contributed by atoms with Crippen molar-refractivity contribution in [2.24, 2.45) is 0 Å². The van der Waals surface area contributed by atoms with Crippen molar-refractivity contribution >= 4 is 10.1 Å². The average molecular weight is 363 g/mol. The monoisotopic (exact) mass is 362 g/mol. The number of aliphatic hydroxyl groups is 1. The van der Waals surface area contributed by atoms with Gasteiger partial charge in [0.25, 0.3) is 10.1 Å². The van der Waals surface area contributed by atoms with Crippen LogP contribution in [0.25, 0.3) is 0 Å². The Morgan fingerprint density at radius 1 is 0.833 bits per heavy atom. The molecule has 4 nitrogen and oxygen atoms in total. The second kappa shape index (κ2) is 16.1. The summed E-state index contributed by atoms with van der Waals surface area (Å²) in [5.41, 5.74) is 0. The molecule has 0 fully saturated rings. The summed E-state index contributed by atoms with van der Waals surface area (Å²) in [5, 5.41) is 9.75. The van der Waals surface area contributed by atoms with Crippen LogP contribution in [0.5, 0.6) is 0 Å². The van der Waals surface area contributed by atoms with Crippen LogP contribution in [-0.2, 0) is 10.1 Å². The van der Waals surface area contributed by atoms with Gasteiger partial charge in [0.15, 0.2) is 0 Å². The van der Waals surface area contributed by atoms with E-state index >= 15 is 0 Å². The van der Waals surface area contributed by atoms with Gasteiger partial charge in [0.1, 0.15) is 0 Å². The fourth-order valence-corrected chi connectivity index (χ4v) is 3.31. The summed E-state index contributed by atoms with van der Waals surface area (Å²) < 4.78 is 29.7. The maximum atomic E-state index is 10.5. The number of unbranched alkanes of at least 4 members (excludes halogenated alkanes) is 11. The SMILES string of the molecule is CCCCC[C@@H](O)/C=C\CCCCCCCCCCCS(=O)(=O)O. The third-order valence-electron chi connectivity index (χ3n) is 4.23. The van der Waals surface area contributed by atoms with Gasteiger partial charge in [-0.3, -0.25) is 4.55 Å². The van der Waals surface area contributed by atoms with Crippen LogP contribution in [0.15, 0.2) is 12.2 Å². The van der Waals surface area contributed by atoms with Crippen LogP contribution >= 0.6 is 0 Å². The Morgan fingerprint density at radius 3 is 1.92 bits per heavy atom. The largest absolute Gasteiger partial charge is 0.389 e. The molecule has 0 aromatic carbocycles. The third kappa shape index (κ3) is 19.7. The molecule has 0 aromatic heterocycles. The number of aliphatic hydroxyl groups excluding tert-OH is 1. The van der Waals surface area contributed by atoms with E-state index in [0.717, 1.165) is 38.5 Å². The molecule has 1 atom stereocenters. The number of hydrogen-bond acceptors (Lipinski definition) is 3. The maximum absolute atomic E-state index is 10.5. The topological polar surface area (TPSA) is 74.6 Å². The molecular formula is C19H38O4S. The third-order valence-corrected chi connectivity index (χ3v) is 5.04. The van der Waals surface area contributed by atoms with E-state index in [1.807, 2.05) is 6.08 Å². The Hall–Kier alpha value is -0.390. The Morgan fingerprint density at radius 2 is 1.38 bits per heavy atom. The molecule has 0 radical (unpaired) electrons. The molecule has 0 rings (SSSR count). The van der Waals surface area contributed by atoms with E-state index in [2.05, 4.69) is 13.0 Å². The van der Waals surface area contributed by atoms with E-state index < -0.39 is 10.1 Å². The molecule has 0 aliphatic carbocycles. The highest BCUT2D eigenvalue weighted by Crippen LogP contribution is 2.11. The van der Waals surface area contributed by atoms with Crippen molar-refractivity contribution in [1.82, 2.24) is 0 Å². The molecule has 0 saturated carbocycles. The van der Waals surface area contributed by atoms with Gasteiger partial charge in [-0.15, -0.1) is 0 Å². The first-order chi connectivity index (χ1) is 11.5. The van der Waals surface area contributed by atoms with E-state index in [9.17, 15) is 13.5 Å². The summed E-state index contributed by atoms with van der Waals surface area (Å²) in [6, 6.07) is 0. The second-order valence-corrected chi connectivity index (χ2v) is 8.32. The fourth-order valence-electron chi connectivity index (χ4n) is 2.74. The van der Waals surface area contributed by atoms with Gasteiger partial charge in [-0.1, -0.05) is 83.3 Å².